The van der Waals surface area contributed by atoms with Crippen molar-refractivity contribution in [2.75, 3.05) is 4.90 Å². The average Bonchev–Trinajstić information content (AvgIpc) is 3.57. The molecule has 0 N–H and O–H groups in total. The fourth-order valence-electron chi connectivity index (χ4n) is 7.76. The summed E-state index contributed by atoms with van der Waals surface area (Å²) in [7, 11) is 0. The van der Waals surface area contributed by atoms with Crippen LogP contribution in [0.25, 0.3) is 22.3 Å². The lowest BCUT2D eigenvalue weighted by molar-refractivity contribution is 0.700. The van der Waals surface area contributed by atoms with Gasteiger partial charge >= 0.3 is 0 Å². The van der Waals surface area contributed by atoms with Gasteiger partial charge in [-0.2, -0.15) is 0 Å². The highest BCUT2D eigenvalue weighted by atomic mass is 15.1. The van der Waals surface area contributed by atoms with Gasteiger partial charge in [-0.25, -0.2) is 0 Å². The van der Waals surface area contributed by atoms with Gasteiger partial charge in [0.25, 0.3) is 0 Å². The van der Waals surface area contributed by atoms with Gasteiger partial charge in [-0.1, -0.05) is 197 Å². The predicted octanol–water partition coefficient (Wildman–Crippen LogP) is 17.6. The van der Waals surface area contributed by atoms with Crippen LogP contribution in [0, 0.1) is 5.92 Å². The molecule has 1 atom stereocenters. The summed E-state index contributed by atoms with van der Waals surface area (Å²) in [4.78, 5) is 2.38. The Morgan fingerprint density at radius 2 is 1.32 bits per heavy atom. The molecule has 1 unspecified atom stereocenters. The SMILES string of the molecule is C=CC/C=C(\C=C)C1C=CC(C(=C)/C=C\C/C(=C\C)N(c2ccc(Cc3ccc(/C(C=C)=C/C=C\CC)cc3)cc2)c2ccc(-c3ccc(C(/C=C\C)=C/C)cc3)cc2)=CCC1. The standard InChI is InChI=1S/C61H65N/c1-9-16-18-24-52(14-6)55-32-28-48(29-33-55)46-49-30-42-60(43-31-49)62(61-44-40-58(41-45-61)57-38-36-56(37-39-57)50(12-4)21-11-3)59(15-7)27-19-22-47(8)53-25-20-26-54(35-34-53)51(13-5)23-17-10-2/h10-16,18-19,21-25,28-45,54H,2,5-6,8-9,17,20,26-27,46H2,1,3-4,7H3/b18-16-,21-11-,22-19-,50-12+,51-23+,52-24+,59-15+. The molecular formula is C61H65N. The predicted molar refractivity (Wildman–Crippen MR) is 275 cm³/mol. The molecule has 62 heavy (non-hydrogen) atoms. The van der Waals surface area contributed by atoms with Crippen LogP contribution in [0.4, 0.5) is 11.4 Å². The smallest absolute Gasteiger partial charge is 0.0458 e. The first-order chi connectivity index (χ1) is 30.3. The van der Waals surface area contributed by atoms with Gasteiger partial charge in [0.1, 0.15) is 0 Å². The van der Waals surface area contributed by atoms with E-state index in [0.29, 0.717) is 5.92 Å². The van der Waals surface area contributed by atoms with Crippen LogP contribution in [0.15, 0.2) is 243 Å². The zero-order chi connectivity index (χ0) is 44.1. The van der Waals surface area contributed by atoms with Gasteiger partial charge in [0.2, 0.25) is 0 Å². The maximum atomic E-state index is 4.48. The highest BCUT2D eigenvalue weighted by Crippen LogP contribution is 2.35. The van der Waals surface area contributed by atoms with Crippen molar-refractivity contribution in [3.8, 4) is 11.1 Å². The van der Waals surface area contributed by atoms with E-state index in [4.69, 9.17) is 0 Å². The number of nitrogens with zero attached hydrogens (tertiary/aromatic N) is 1. The monoisotopic (exact) mass is 812 g/mol. The Labute approximate surface area is 374 Å². The molecule has 5 rings (SSSR count). The summed E-state index contributed by atoms with van der Waals surface area (Å²) in [5, 5.41) is 0. The first-order valence-electron chi connectivity index (χ1n) is 22.2. The van der Waals surface area contributed by atoms with Gasteiger partial charge in [0.15, 0.2) is 0 Å². The Morgan fingerprint density at radius 3 is 1.90 bits per heavy atom. The zero-order valence-corrected chi connectivity index (χ0v) is 37.6. The number of allylic oxidation sites excluding steroid dienone is 21. The number of benzene rings is 4. The van der Waals surface area contributed by atoms with E-state index in [1.54, 1.807) is 0 Å². The van der Waals surface area contributed by atoms with E-state index in [-0.39, 0.29) is 0 Å². The topological polar surface area (TPSA) is 3.24 Å². The van der Waals surface area contributed by atoms with Crippen LogP contribution in [-0.2, 0) is 6.42 Å². The lowest BCUT2D eigenvalue weighted by Gasteiger charge is -2.28. The minimum absolute atomic E-state index is 0.346. The molecule has 1 aliphatic rings. The quantitative estimate of drug-likeness (QED) is 0.0635. The van der Waals surface area contributed by atoms with E-state index in [1.165, 1.54) is 55.8 Å². The summed E-state index contributed by atoms with van der Waals surface area (Å²) in [5.41, 5.74) is 16.5. The third-order valence-corrected chi connectivity index (χ3v) is 11.3. The summed E-state index contributed by atoms with van der Waals surface area (Å²) in [6, 6.07) is 35.7. The van der Waals surface area contributed by atoms with Crippen LogP contribution in [0.1, 0.15) is 82.1 Å². The van der Waals surface area contributed by atoms with Crippen molar-refractivity contribution in [1.82, 2.24) is 0 Å². The molecule has 0 heterocycles. The van der Waals surface area contributed by atoms with Crippen molar-refractivity contribution in [1.29, 1.82) is 0 Å². The normalized spacial score (nSPS) is 15.2. The van der Waals surface area contributed by atoms with Gasteiger partial charge < -0.3 is 4.90 Å². The van der Waals surface area contributed by atoms with E-state index >= 15 is 0 Å². The van der Waals surface area contributed by atoms with Gasteiger partial charge in [0, 0.05) is 29.4 Å². The molecule has 0 bridgehead atoms. The molecule has 0 radical (unpaired) electrons. The third-order valence-electron chi connectivity index (χ3n) is 11.3. The van der Waals surface area contributed by atoms with Crippen molar-refractivity contribution in [3.63, 3.8) is 0 Å². The Kier molecular flexibility index (Phi) is 18.3. The maximum absolute atomic E-state index is 4.48. The lowest BCUT2D eigenvalue weighted by atomic mass is 9.93. The third kappa shape index (κ3) is 12.9. The summed E-state index contributed by atoms with van der Waals surface area (Å²) >= 11 is 0. The molecule has 0 spiro atoms. The molecule has 0 saturated carbocycles. The second-order valence-corrected chi connectivity index (χ2v) is 15.5. The molecule has 1 heteroatoms. The Hall–Kier alpha value is -6.70. The van der Waals surface area contributed by atoms with Crippen LogP contribution in [0.3, 0.4) is 0 Å². The van der Waals surface area contributed by atoms with Crippen molar-refractivity contribution in [2.45, 2.75) is 66.2 Å². The summed E-state index contributed by atoms with van der Waals surface area (Å²) in [5.74, 6) is 0.346. The molecule has 1 nitrogen and oxygen atoms in total. The number of hydrogen-bond acceptors (Lipinski definition) is 1. The number of hydrogen-bond donors (Lipinski definition) is 0. The van der Waals surface area contributed by atoms with Gasteiger partial charge in [-0.3, -0.25) is 0 Å². The minimum atomic E-state index is 0.346. The Morgan fingerprint density at radius 1 is 0.710 bits per heavy atom. The lowest BCUT2D eigenvalue weighted by Crippen LogP contribution is -2.16. The molecule has 4 aromatic carbocycles. The van der Waals surface area contributed by atoms with Crippen LogP contribution < -0.4 is 4.90 Å². The maximum Gasteiger partial charge on any atom is 0.0458 e. The van der Waals surface area contributed by atoms with Crippen LogP contribution in [0.2, 0.25) is 0 Å². The molecule has 0 saturated heterocycles. The van der Waals surface area contributed by atoms with E-state index in [0.717, 1.165) is 61.0 Å². The fraction of sp³-hybridized carbons (Fsp3) is 0.180. The zero-order valence-electron chi connectivity index (χ0n) is 37.6. The minimum Gasteiger partial charge on any atom is -0.314 e. The van der Waals surface area contributed by atoms with Crippen molar-refractivity contribution in [2.24, 2.45) is 5.92 Å². The second kappa shape index (κ2) is 24.5. The van der Waals surface area contributed by atoms with Gasteiger partial charge in [0.05, 0.1) is 0 Å². The Balaban J connectivity index is 1.39. The highest BCUT2D eigenvalue weighted by Gasteiger charge is 2.16. The molecule has 314 valence electrons. The van der Waals surface area contributed by atoms with E-state index in [2.05, 4.69) is 235 Å². The summed E-state index contributed by atoms with van der Waals surface area (Å²) < 4.78 is 0. The molecule has 1 aliphatic carbocycles. The number of anilines is 2. The molecule has 0 amide bonds. The molecule has 0 aliphatic heterocycles. The molecule has 0 fully saturated rings. The summed E-state index contributed by atoms with van der Waals surface area (Å²) in [6.07, 6.45) is 39.9. The molecular weight excluding hydrogens is 747 g/mol. The largest absolute Gasteiger partial charge is 0.314 e. The van der Waals surface area contributed by atoms with Crippen LogP contribution in [0.5, 0.6) is 0 Å². The van der Waals surface area contributed by atoms with Crippen molar-refractivity contribution >= 4 is 22.5 Å². The average molecular weight is 812 g/mol. The Bertz CT molecular complexity index is 2410. The van der Waals surface area contributed by atoms with E-state index < -0.39 is 0 Å². The fourth-order valence-corrected chi connectivity index (χ4v) is 7.76. The first-order valence-corrected chi connectivity index (χ1v) is 22.2. The van der Waals surface area contributed by atoms with Gasteiger partial charge in [-0.15, -0.1) is 6.58 Å². The van der Waals surface area contributed by atoms with Crippen LogP contribution >= 0.6 is 0 Å². The van der Waals surface area contributed by atoms with Crippen molar-refractivity contribution < 1.29 is 0 Å². The first kappa shape index (κ1) is 46.4. The van der Waals surface area contributed by atoms with Gasteiger partial charge in [-0.05, 0) is 138 Å². The van der Waals surface area contributed by atoms with Crippen molar-refractivity contribution in [3.05, 3.63) is 265 Å². The second-order valence-electron chi connectivity index (χ2n) is 15.5. The highest BCUT2D eigenvalue weighted by molar-refractivity contribution is 5.78. The van der Waals surface area contributed by atoms with E-state index in [1.807, 2.05) is 18.2 Å². The summed E-state index contributed by atoms with van der Waals surface area (Å²) in [6.45, 7) is 24.9. The van der Waals surface area contributed by atoms with Crippen LogP contribution in [-0.4, -0.2) is 0 Å². The number of rotatable bonds is 20. The molecule has 4 aromatic rings. The van der Waals surface area contributed by atoms with E-state index in [9.17, 15) is 0 Å². The molecule has 0 aromatic heterocycles.